The zero-order chi connectivity index (χ0) is 10.4. The van der Waals surface area contributed by atoms with Crippen LogP contribution in [0, 0.1) is 5.92 Å². The lowest BCUT2D eigenvalue weighted by Crippen LogP contribution is -2.38. The van der Waals surface area contributed by atoms with E-state index in [9.17, 15) is 4.79 Å². The van der Waals surface area contributed by atoms with Crippen molar-refractivity contribution in [3.05, 3.63) is 0 Å². The highest BCUT2D eigenvalue weighted by atomic mass is 16.1. The lowest BCUT2D eigenvalue weighted by atomic mass is 9.95. The number of rotatable bonds is 5. The van der Waals surface area contributed by atoms with Gasteiger partial charge in [0.05, 0.1) is 0 Å². The van der Waals surface area contributed by atoms with E-state index in [1.54, 1.807) is 0 Å². The lowest BCUT2D eigenvalue weighted by molar-refractivity contribution is -0.118. The van der Waals surface area contributed by atoms with E-state index in [1.807, 2.05) is 0 Å². The molecule has 0 aliphatic carbocycles. The first-order valence-electron chi connectivity index (χ1n) is 5.43. The zero-order valence-corrected chi connectivity index (χ0v) is 8.74. The molecule has 1 aliphatic heterocycles. The molecule has 1 aliphatic rings. The molecule has 14 heavy (non-hydrogen) atoms. The number of nitrogens with zero attached hydrogens (tertiary/aromatic N) is 1. The van der Waals surface area contributed by atoms with Gasteiger partial charge < -0.3 is 16.4 Å². The minimum Gasteiger partial charge on any atom is -0.370 e. The number of carbonyl (C=O) groups excluding carboxylic acids is 1. The Labute approximate surface area is 85.6 Å². The van der Waals surface area contributed by atoms with Crippen molar-refractivity contribution >= 4 is 5.91 Å². The maximum atomic E-state index is 10.6. The Morgan fingerprint density at radius 1 is 1.50 bits per heavy atom. The Balaban J connectivity index is 2.21. The van der Waals surface area contributed by atoms with E-state index < -0.39 is 0 Å². The van der Waals surface area contributed by atoms with Crippen LogP contribution >= 0.6 is 0 Å². The van der Waals surface area contributed by atoms with Gasteiger partial charge in [0.15, 0.2) is 0 Å². The van der Waals surface area contributed by atoms with Crippen molar-refractivity contribution in [2.75, 3.05) is 26.2 Å². The molecule has 0 aromatic rings. The van der Waals surface area contributed by atoms with Gasteiger partial charge in [-0.15, -0.1) is 0 Å². The number of nitrogens with two attached hydrogens (primary N) is 2. The summed E-state index contributed by atoms with van der Waals surface area (Å²) in [5.74, 6) is 0.521. The van der Waals surface area contributed by atoms with Crippen LogP contribution < -0.4 is 11.5 Å². The van der Waals surface area contributed by atoms with E-state index in [1.165, 1.54) is 12.8 Å². The number of primary amides is 1. The summed E-state index contributed by atoms with van der Waals surface area (Å²) in [6.45, 7) is 3.78. The Kier molecular flexibility index (Phi) is 4.90. The number of carbonyl (C=O) groups is 1. The van der Waals surface area contributed by atoms with Crippen molar-refractivity contribution < 1.29 is 4.79 Å². The molecule has 0 saturated carbocycles. The van der Waals surface area contributed by atoms with E-state index in [4.69, 9.17) is 11.5 Å². The number of piperidine rings is 1. The smallest absolute Gasteiger partial charge is 0.218 e. The molecule has 4 nitrogen and oxygen atoms in total. The van der Waals surface area contributed by atoms with Crippen LogP contribution in [0.5, 0.6) is 0 Å². The van der Waals surface area contributed by atoms with Gasteiger partial charge in [-0.25, -0.2) is 0 Å². The molecule has 1 amide bonds. The van der Waals surface area contributed by atoms with Gasteiger partial charge in [-0.05, 0) is 38.3 Å². The summed E-state index contributed by atoms with van der Waals surface area (Å²) in [6, 6.07) is 0. The first-order chi connectivity index (χ1) is 6.72. The van der Waals surface area contributed by atoms with Crippen LogP contribution in [0.1, 0.15) is 25.7 Å². The first kappa shape index (κ1) is 11.5. The second kappa shape index (κ2) is 5.98. The molecule has 1 fully saturated rings. The minimum absolute atomic E-state index is 0.203. The van der Waals surface area contributed by atoms with E-state index >= 15 is 0 Å². The van der Waals surface area contributed by atoms with Gasteiger partial charge in [-0.3, -0.25) is 4.79 Å². The predicted octanol–water partition coefficient (Wildman–Crippen LogP) is -0.0774. The first-order valence-corrected chi connectivity index (χ1v) is 5.43. The summed E-state index contributed by atoms with van der Waals surface area (Å²) >= 11 is 0. The topological polar surface area (TPSA) is 72.3 Å². The van der Waals surface area contributed by atoms with Crippen molar-refractivity contribution in [1.82, 2.24) is 4.90 Å². The molecule has 0 aromatic carbocycles. The number of hydrogen-bond donors (Lipinski definition) is 2. The largest absolute Gasteiger partial charge is 0.370 e. The molecule has 4 N–H and O–H groups in total. The molecular formula is C10H21N3O. The van der Waals surface area contributed by atoms with Crippen molar-refractivity contribution in [2.24, 2.45) is 17.4 Å². The van der Waals surface area contributed by atoms with Gasteiger partial charge in [-0.2, -0.15) is 0 Å². The fourth-order valence-electron chi connectivity index (χ4n) is 2.09. The third-order valence-corrected chi connectivity index (χ3v) is 2.85. The number of hydrogen-bond acceptors (Lipinski definition) is 3. The Bertz CT molecular complexity index is 182. The van der Waals surface area contributed by atoms with Crippen molar-refractivity contribution in [3.63, 3.8) is 0 Å². The van der Waals surface area contributed by atoms with Crippen LogP contribution in [0.3, 0.4) is 0 Å². The summed E-state index contributed by atoms with van der Waals surface area (Å²) in [5.41, 5.74) is 10.7. The van der Waals surface area contributed by atoms with Gasteiger partial charge in [0.2, 0.25) is 5.91 Å². The van der Waals surface area contributed by atoms with Gasteiger partial charge in [0, 0.05) is 19.5 Å². The molecular weight excluding hydrogens is 178 g/mol. The summed E-state index contributed by atoms with van der Waals surface area (Å²) in [6.07, 6.45) is 4.09. The second-order valence-electron chi connectivity index (χ2n) is 4.10. The van der Waals surface area contributed by atoms with Gasteiger partial charge in [0.1, 0.15) is 0 Å². The standard InChI is InChI=1S/C10H21N3O/c11-5-3-9-2-1-6-13(8-9)7-4-10(12)14/h9H,1-8,11H2,(H2,12,14). The van der Waals surface area contributed by atoms with Crippen LogP contribution in [-0.4, -0.2) is 37.0 Å². The molecule has 0 aromatic heterocycles. The van der Waals surface area contributed by atoms with Crippen LogP contribution in [0.2, 0.25) is 0 Å². The zero-order valence-electron chi connectivity index (χ0n) is 8.74. The average molecular weight is 199 g/mol. The SMILES string of the molecule is NCCC1CCCN(CCC(N)=O)C1. The molecule has 1 saturated heterocycles. The van der Waals surface area contributed by atoms with Crippen molar-refractivity contribution in [1.29, 1.82) is 0 Å². The second-order valence-corrected chi connectivity index (χ2v) is 4.10. The Morgan fingerprint density at radius 3 is 2.93 bits per heavy atom. The van der Waals surface area contributed by atoms with Crippen LogP contribution in [-0.2, 0) is 4.79 Å². The maximum Gasteiger partial charge on any atom is 0.218 e. The highest BCUT2D eigenvalue weighted by molar-refractivity contribution is 5.73. The normalized spacial score (nSPS) is 23.6. The van der Waals surface area contributed by atoms with Gasteiger partial charge in [0.25, 0.3) is 0 Å². The molecule has 4 heteroatoms. The van der Waals surface area contributed by atoms with Crippen LogP contribution in [0.15, 0.2) is 0 Å². The molecule has 0 radical (unpaired) electrons. The number of amides is 1. The molecule has 82 valence electrons. The van der Waals surface area contributed by atoms with Crippen molar-refractivity contribution in [3.8, 4) is 0 Å². The number of likely N-dealkylation sites (tertiary alicyclic amines) is 1. The Hall–Kier alpha value is -0.610. The maximum absolute atomic E-state index is 10.6. The third-order valence-electron chi connectivity index (χ3n) is 2.85. The Morgan fingerprint density at radius 2 is 2.29 bits per heavy atom. The summed E-state index contributed by atoms with van der Waals surface area (Å²) in [5, 5.41) is 0. The monoisotopic (exact) mass is 199 g/mol. The fraction of sp³-hybridized carbons (Fsp3) is 0.900. The highest BCUT2D eigenvalue weighted by Crippen LogP contribution is 2.18. The van der Waals surface area contributed by atoms with E-state index in [2.05, 4.69) is 4.90 Å². The molecule has 0 bridgehead atoms. The summed E-state index contributed by atoms with van der Waals surface area (Å²) < 4.78 is 0. The average Bonchev–Trinajstić information content (AvgIpc) is 2.16. The van der Waals surface area contributed by atoms with Gasteiger partial charge in [-0.1, -0.05) is 0 Å². The quantitative estimate of drug-likeness (QED) is 0.650. The van der Waals surface area contributed by atoms with Crippen LogP contribution in [0.25, 0.3) is 0 Å². The van der Waals surface area contributed by atoms with E-state index in [0.29, 0.717) is 6.42 Å². The minimum atomic E-state index is -0.203. The summed E-state index contributed by atoms with van der Waals surface area (Å²) in [4.78, 5) is 13.0. The molecule has 0 spiro atoms. The van der Waals surface area contributed by atoms with E-state index in [-0.39, 0.29) is 5.91 Å². The molecule has 1 atom stereocenters. The van der Waals surface area contributed by atoms with E-state index in [0.717, 1.165) is 38.5 Å². The molecule has 1 rings (SSSR count). The van der Waals surface area contributed by atoms with Crippen molar-refractivity contribution in [2.45, 2.75) is 25.7 Å². The summed E-state index contributed by atoms with van der Waals surface area (Å²) in [7, 11) is 0. The van der Waals surface area contributed by atoms with Gasteiger partial charge >= 0.3 is 0 Å². The van der Waals surface area contributed by atoms with Crippen LogP contribution in [0.4, 0.5) is 0 Å². The molecule has 1 unspecified atom stereocenters. The fourth-order valence-corrected chi connectivity index (χ4v) is 2.09. The lowest BCUT2D eigenvalue weighted by Gasteiger charge is -2.32. The molecule has 1 heterocycles. The third kappa shape index (κ3) is 4.07. The predicted molar refractivity (Wildman–Crippen MR) is 56.6 cm³/mol. The highest BCUT2D eigenvalue weighted by Gasteiger charge is 2.18.